The second kappa shape index (κ2) is 7.09. The molecule has 0 aromatic heterocycles. The van der Waals surface area contributed by atoms with Crippen molar-refractivity contribution >= 4 is 27.8 Å². The monoisotopic (exact) mass is 400 g/mol. The average molecular weight is 401 g/mol. The van der Waals surface area contributed by atoms with Gasteiger partial charge in [-0.2, -0.15) is 13.2 Å². The van der Waals surface area contributed by atoms with Crippen LogP contribution in [-0.2, 0) is 6.18 Å². The topological polar surface area (TPSA) is 46.5 Å². The smallest absolute Gasteiger partial charge is 0.416 e. The van der Waals surface area contributed by atoms with Crippen molar-refractivity contribution in [2.24, 2.45) is 0 Å². The third-order valence-electron chi connectivity index (χ3n) is 3.19. The van der Waals surface area contributed by atoms with Crippen LogP contribution in [0, 0.1) is 0 Å². The Labute approximate surface area is 144 Å². The molecule has 2 aromatic carbocycles. The van der Waals surface area contributed by atoms with E-state index in [0.29, 0.717) is 10.0 Å². The molecular weight excluding hydrogens is 389 g/mol. The summed E-state index contributed by atoms with van der Waals surface area (Å²) in [5.74, 6) is -0.435. The Balaban J connectivity index is 2.29. The zero-order valence-corrected chi connectivity index (χ0v) is 14.0. The molecule has 24 heavy (non-hydrogen) atoms. The molecule has 0 unspecified atom stereocenters. The summed E-state index contributed by atoms with van der Waals surface area (Å²) < 4.78 is 43.5. The Kier molecular flexibility index (Phi) is 5.33. The summed E-state index contributed by atoms with van der Waals surface area (Å²) >= 11 is 3.23. The number of alkyl halides is 3. The Morgan fingerprint density at radius 1 is 1.25 bits per heavy atom. The van der Waals surface area contributed by atoms with Crippen LogP contribution in [-0.4, -0.2) is 18.0 Å². The molecule has 0 saturated heterocycles. The quantitative estimate of drug-likeness (QED) is 0.574. The standard InChI is InChI=1S/C17H12BrF3O3/c1-24-16-8-10(13(18)9-15(16)23)5-6-14(22)11-3-2-4-12(7-11)17(19,20)21/h2-9,23H,1H3/b6-5+. The predicted octanol–water partition coefficient (Wildman–Crippen LogP) is 5.08. The van der Waals surface area contributed by atoms with E-state index in [1.54, 1.807) is 0 Å². The minimum atomic E-state index is -4.51. The molecule has 1 N–H and O–H groups in total. The van der Waals surface area contributed by atoms with E-state index < -0.39 is 17.5 Å². The number of halogens is 4. The van der Waals surface area contributed by atoms with Gasteiger partial charge in [0.25, 0.3) is 0 Å². The highest BCUT2D eigenvalue weighted by Gasteiger charge is 2.30. The Bertz CT molecular complexity index is 798. The molecule has 3 nitrogen and oxygen atoms in total. The van der Waals surface area contributed by atoms with Crippen molar-refractivity contribution in [3.05, 3.63) is 63.6 Å². The fourth-order valence-electron chi connectivity index (χ4n) is 1.96. The van der Waals surface area contributed by atoms with Gasteiger partial charge in [-0.05, 0) is 42.0 Å². The van der Waals surface area contributed by atoms with E-state index in [1.165, 1.54) is 37.5 Å². The number of methoxy groups -OCH3 is 1. The third kappa shape index (κ3) is 4.17. The number of ether oxygens (including phenoxy) is 1. The fraction of sp³-hybridized carbons (Fsp3) is 0.118. The minimum absolute atomic E-state index is 0.0667. The van der Waals surface area contributed by atoms with Gasteiger partial charge in [0.05, 0.1) is 12.7 Å². The number of carbonyl (C=O) groups is 1. The van der Waals surface area contributed by atoms with Crippen LogP contribution in [0.4, 0.5) is 13.2 Å². The fourth-order valence-corrected chi connectivity index (χ4v) is 2.42. The Hall–Kier alpha value is -2.28. The van der Waals surface area contributed by atoms with Crippen molar-refractivity contribution in [2.45, 2.75) is 6.18 Å². The molecule has 0 spiro atoms. The molecule has 0 amide bonds. The lowest BCUT2D eigenvalue weighted by Crippen LogP contribution is -2.06. The maximum atomic E-state index is 12.7. The van der Waals surface area contributed by atoms with Crippen LogP contribution >= 0.6 is 15.9 Å². The summed E-state index contributed by atoms with van der Waals surface area (Å²) in [6.45, 7) is 0. The van der Waals surface area contributed by atoms with Gasteiger partial charge in [-0.25, -0.2) is 0 Å². The number of allylic oxidation sites excluding steroid dienone is 1. The lowest BCUT2D eigenvalue weighted by molar-refractivity contribution is -0.137. The first kappa shape index (κ1) is 18.1. The molecule has 0 bridgehead atoms. The second-order valence-electron chi connectivity index (χ2n) is 4.82. The second-order valence-corrected chi connectivity index (χ2v) is 5.68. The number of hydrogen-bond donors (Lipinski definition) is 1. The molecule has 0 heterocycles. The molecule has 126 valence electrons. The van der Waals surface area contributed by atoms with E-state index in [2.05, 4.69) is 15.9 Å². The normalized spacial score (nSPS) is 11.7. The van der Waals surface area contributed by atoms with E-state index in [1.807, 2.05) is 0 Å². The number of phenols is 1. The number of rotatable bonds is 4. The van der Waals surface area contributed by atoms with E-state index in [9.17, 15) is 23.1 Å². The van der Waals surface area contributed by atoms with E-state index in [4.69, 9.17) is 4.74 Å². The van der Waals surface area contributed by atoms with Gasteiger partial charge < -0.3 is 9.84 Å². The maximum absolute atomic E-state index is 12.7. The minimum Gasteiger partial charge on any atom is -0.504 e. The largest absolute Gasteiger partial charge is 0.504 e. The zero-order valence-electron chi connectivity index (χ0n) is 12.4. The average Bonchev–Trinajstić information content (AvgIpc) is 2.53. The van der Waals surface area contributed by atoms with Crippen molar-refractivity contribution in [1.29, 1.82) is 0 Å². The molecule has 7 heteroatoms. The number of phenolic OH excluding ortho intramolecular Hbond substituents is 1. The van der Waals surface area contributed by atoms with Crippen LogP contribution < -0.4 is 4.74 Å². The van der Waals surface area contributed by atoms with Gasteiger partial charge in [0.2, 0.25) is 0 Å². The number of carbonyl (C=O) groups excluding carboxylic acids is 1. The lowest BCUT2D eigenvalue weighted by Gasteiger charge is -2.07. The number of aromatic hydroxyl groups is 1. The van der Waals surface area contributed by atoms with Crippen LogP contribution in [0.15, 0.2) is 46.9 Å². The van der Waals surface area contributed by atoms with Gasteiger partial charge in [0.1, 0.15) is 0 Å². The van der Waals surface area contributed by atoms with Crippen LogP contribution in [0.2, 0.25) is 0 Å². The Morgan fingerprint density at radius 2 is 1.96 bits per heavy atom. The van der Waals surface area contributed by atoms with Gasteiger partial charge in [0.15, 0.2) is 17.3 Å². The molecule has 0 fully saturated rings. The highest BCUT2D eigenvalue weighted by Crippen LogP contribution is 2.33. The molecule has 0 atom stereocenters. The third-order valence-corrected chi connectivity index (χ3v) is 3.87. The SMILES string of the molecule is COc1cc(/C=C/C(=O)c2cccc(C(F)(F)F)c2)c(Br)cc1O. The molecule has 0 radical (unpaired) electrons. The number of hydrogen-bond acceptors (Lipinski definition) is 3. The van der Waals surface area contributed by atoms with Crippen molar-refractivity contribution in [3.8, 4) is 11.5 Å². The molecule has 0 aliphatic heterocycles. The van der Waals surface area contributed by atoms with E-state index >= 15 is 0 Å². The van der Waals surface area contributed by atoms with Crippen molar-refractivity contribution in [1.82, 2.24) is 0 Å². The summed E-state index contributed by atoms with van der Waals surface area (Å²) in [6, 6.07) is 7.10. The van der Waals surface area contributed by atoms with Crippen LogP contribution in [0.25, 0.3) is 6.08 Å². The van der Waals surface area contributed by atoms with Crippen LogP contribution in [0.5, 0.6) is 11.5 Å². The highest BCUT2D eigenvalue weighted by atomic mass is 79.9. The van der Waals surface area contributed by atoms with Gasteiger partial charge >= 0.3 is 6.18 Å². The summed E-state index contributed by atoms with van der Waals surface area (Å²) in [4.78, 5) is 12.1. The Morgan fingerprint density at radius 3 is 2.58 bits per heavy atom. The van der Waals surface area contributed by atoms with Crippen LogP contribution in [0.1, 0.15) is 21.5 Å². The molecule has 0 saturated carbocycles. The molecule has 0 aliphatic carbocycles. The van der Waals surface area contributed by atoms with Gasteiger partial charge in [-0.15, -0.1) is 0 Å². The predicted molar refractivity (Wildman–Crippen MR) is 87.2 cm³/mol. The van der Waals surface area contributed by atoms with Crippen LogP contribution in [0.3, 0.4) is 0 Å². The van der Waals surface area contributed by atoms with E-state index in [0.717, 1.165) is 18.2 Å². The summed E-state index contributed by atoms with van der Waals surface area (Å²) in [5, 5.41) is 9.63. The maximum Gasteiger partial charge on any atom is 0.416 e. The van der Waals surface area contributed by atoms with Gasteiger partial charge in [0, 0.05) is 10.0 Å². The summed E-state index contributed by atoms with van der Waals surface area (Å²) in [5.41, 5.74) is -0.415. The zero-order chi connectivity index (χ0) is 17.9. The molecule has 2 aromatic rings. The lowest BCUT2D eigenvalue weighted by atomic mass is 10.1. The number of ketones is 1. The first-order chi connectivity index (χ1) is 11.2. The molecule has 2 rings (SSSR count). The summed E-state index contributed by atoms with van der Waals surface area (Å²) in [7, 11) is 1.38. The van der Waals surface area contributed by atoms with Gasteiger partial charge in [-0.3, -0.25) is 4.79 Å². The van der Waals surface area contributed by atoms with Crippen molar-refractivity contribution in [2.75, 3.05) is 7.11 Å². The first-order valence-corrected chi connectivity index (χ1v) is 7.48. The molecule has 0 aliphatic rings. The van der Waals surface area contributed by atoms with Crippen molar-refractivity contribution in [3.63, 3.8) is 0 Å². The number of benzene rings is 2. The highest BCUT2D eigenvalue weighted by molar-refractivity contribution is 9.10. The van der Waals surface area contributed by atoms with Crippen molar-refractivity contribution < 1.29 is 27.8 Å². The summed E-state index contributed by atoms with van der Waals surface area (Å²) in [6.07, 6.45) is -1.92. The van der Waals surface area contributed by atoms with Gasteiger partial charge in [-0.1, -0.05) is 28.1 Å². The first-order valence-electron chi connectivity index (χ1n) is 6.68. The molecular formula is C17H12BrF3O3. The van der Waals surface area contributed by atoms with E-state index in [-0.39, 0.29) is 17.1 Å².